The van der Waals surface area contributed by atoms with E-state index in [4.69, 9.17) is 4.74 Å². The highest BCUT2D eigenvalue weighted by Crippen LogP contribution is 2.27. The molecule has 4 heteroatoms. The van der Waals surface area contributed by atoms with Crippen LogP contribution >= 0.6 is 0 Å². The van der Waals surface area contributed by atoms with Crippen LogP contribution in [-0.4, -0.2) is 21.5 Å². The van der Waals surface area contributed by atoms with Crippen LogP contribution in [0.3, 0.4) is 0 Å². The van der Waals surface area contributed by atoms with Crippen molar-refractivity contribution in [2.24, 2.45) is 7.05 Å². The first-order valence-electron chi connectivity index (χ1n) is 4.69. The Bertz CT molecular complexity index is 368. The number of hydrogen-bond donors (Lipinski definition) is 1. The number of aromatic nitrogens is 2. The van der Waals surface area contributed by atoms with Crippen LogP contribution < -0.4 is 0 Å². The summed E-state index contributed by atoms with van der Waals surface area (Å²) in [5, 5.41) is 14.1. The minimum atomic E-state index is -0.661. The molecule has 4 nitrogen and oxygen atoms in total. The molecule has 2 rings (SSSR count). The molecule has 1 aromatic heterocycles. The van der Waals surface area contributed by atoms with E-state index in [-0.39, 0.29) is 0 Å². The molecule has 1 aromatic rings. The van der Waals surface area contributed by atoms with Crippen LogP contribution in [0, 0.1) is 6.92 Å². The van der Waals surface area contributed by atoms with Crippen molar-refractivity contribution in [1.29, 1.82) is 0 Å². The van der Waals surface area contributed by atoms with Gasteiger partial charge in [-0.2, -0.15) is 5.10 Å². The SMILES string of the molecule is Cc1c(C(O)C2=CCCO2)cnn1C. The molecule has 1 atom stereocenters. The first-order valence-corrected chi connectivity index (χ1v) is 4.69. The number of rotatable bonds is 2. The average molecular weight is 194 g/mol. The van der Waals surface area contributed by atoms with Crippen LogP contribution in [-0.2, 0) is 11.8 Å². The normalized spacial score (nSPS) is 17.8. The van der Waals surface area contributed by atoms with Crippen LogP contribution in [0.15, 0.2) is 18.0 Å². The van der Waals surface area contributed by atoms with Crippen LogP contribution in [0.2, 0.25) is 0 Å². The van der Waals surface area contributed by atoms with Gasteiger partial charge in [-0.3, -0.25) is 4.68 Å². The first kappa shape index (κ1) is 9.27. The molecule has 76 valence electrons. The molecule has 0 bridgehead atoms. The summed E-state index contributed by atoms with van der Waals surface area (Å²) in [6, 6.07) is 0. The van der Waals surface area contributed by atoms with Gasteiger partial charge in [0.05, 0.1) is 12.8 Å². The Kier molecular flexibility index (Phi) is 2.29. The number of aliphatic hydroxyl groups is 1. The van der Waals surface area contributed by atoms with Crippen LogP contribution in [0.25, 0.3) is 0 Å². The summed E-state index contributed by atoms with van der Waals surface area (Å²) in [4.78, 5) is 0. The molecule has 0 radical (unpaired) electrons. The van der Waals surface area contributed by atoms with E-state index in [9.17, 15) is 5.11 Å². The number of hydrogen-bond acceptors (Lipinski definition) is 3. The Hall–Kier alpha value is -1.29. The lowest BCUT2D eigenvalue weighted by molar-refractivity contribution is 0.118. The van der Waals surface area contributed by atoms with Crippen molar-refractivity contribution in [3.8, 4) is 0 Å². The minimum Gasteiger partial charge on any atom is -0.495 e. The summed E-state index contributed by atoms with van der Waals surface area (Å²) < 4.78 is 7.05. The second-order valence-corrected chi connectivity index (χ2v) is 3.46. The van der Waals surface area contributed by atoms with E-state index >= 15 is 0 Å². The Morgan fingerprint density at radius 3 is 2.93 bits per heavy atom. The fourth-order valence-corrected chi connectivity index (χ4v) is 1.56. The standard InChI is InChI=1S/C10H14N2O2/c1-7-8(6-11-12(7)2)10(13)9-4-3-5-14-9/h4,6,10,13H,3,5H2,1-2H3. The molecule has 1 N–H and O–H groups in total. The molecule has 1 unspecified atom stereocenters. The highest BCUT2D eigenvalue weighted by Gasteiger charge is 2.21. The van der Waals surface area contributed by atoms with Crippen molar-refractivity contribution in [3.05, 3.63) is 29.3 Å². The molecule has 2 heterocycles. The van der Waals surface area contributed by atoms with Gasteiger partial charge in [0.25, 0.3) is 0 Å². The monoisotopic (exact) mass is 194 g/mol. The molecule has 0 fully saturated rings. The van der Waals surface area contributed by atoms with Gasteiger partial charge < -0.3 is 9.84 Å². The van der Waals surface area contributed by atoms with Crippen LogP contribution in [0.1, 0.15) is 23.8 Å². The molecular formula is C10H14N2O2. The molecular weight excluding hydrogens is 180 g/mol. The predicted molar refractivity (Wildman–Crippen MR) is 51.6 cm³/mol. The molecule has 0 amide bonds. The van der Waals surface area contributed by atoms with E-state index < -0.39 is 6.10 Å². The summed E-state index contributed by atoms with van der Waals surface area (Å²) in [5.41, 5.74) is 1.79. The Morgan fingerprint density at radius 2 is 2.43 bits per heavy atom. The molecule has 0 saturated carbocycles. The van der Waals surface area contributed by atoms with E-state index in [1.165, 1.54) is 0 Å². The Morgan fingerprint density at radius 1 is 1.64 bits per heavy atom. The van der Waals surface area contributed by atoms with Gasteiger partial charge in [0.15, 0.2) is 0 Å². The summed E-state index contributed by atoms with van der Waals surface area (Å²) in [7, 11) is 1.86. The van der Waals surface area contributed by atoms with Gasteiger partial charge >= 0.3 is 0 Å². The maximum atomic E-state index is 9.97. The molecule has 1 aliphatic rings. The van der Waals surface area contributed by atoms with Gasteiger partial charge in [-0.25, -0.2) is 0 Å². The molecule has 0 saturated heterocycles. The second-order valence-electron chi connectivity index (χ2n) is 3.46. The summed E-state index contributed by atoms with van der Waals surface area (Å²) >= 11 is 0. The topological polar surface area (TPSA) is 47.3 Å². The summed E-state index contributed by atoms with van der Waals surface area (Å²) in [6.45, 7) is 2.60. The molecule has 0 spiro atoms. The van der Waals surface area contributed by atoms with Gasteiger partial charge in [-0.15, -0.1) is 0 Å². The Labute approximate surface area is 82.8 Å². The van der Waals surface area contributed by atoms with Gasteiger partial charge in [-0.05, 0) is 13.0 Å². The number of aryl methyl sites for hydroxylation is 1. The number of nitrogens with zero attached hydrogens (tertiary/aromatic N) is 2. The van der Waals surface area contributed by atoms with E-state index in [1.54, 1.807) is 10.9 Å². The smallest absolute Gasteiger partial charge is 0.139 e. The predicted octanol–water partition coefficient (Wildman–Crippen LogP) is 1.07. The second kappa shape index (κ2) is 3.46. The highest BCUT2D eigenvalue weighted by molar-refractivity contribution is 5.25. The first-order chi connectivity index (χ1) is 6.70. The van der Waals surface area contributed by atoms with Crippen molar-refractivity contribution in [1.82, 2.24) is 9.78 Å². The van der Waals surface area contributed by atoms with E-state index in [2.05, 4.69) is 5.10 Å². The summed E-state index contributed by atoms with van der Waals surface area (Å²) in [6.07, 6.45) is 3.83. The van der Waals surface area contributed by atoms with Crippen molar-refractivity contribution < 1.29 is 9.84 Å². The molecule has 1 aliphatic heterocycles. The van der Waals surface area contributed by atoms with E-state index in [0.717, 1.165) is 17.7 Å². The van der Waals surface area contributed by atoms with Crippen molar-refractivity contribution in [3.63, 3.8) is 0 Å². The average Bonchev–Trinajstić information content (AvgIpc) is 2.77. The third-order valence-electron chi connectivity index (χ3n) is 2.57. The highest BCUT2D eigenvalue weighted by atomic mass is 16.5. The fourth-order valence-electron chi connectivity index (χ4n) is 1.56. The largest absolute Gasteiger partial charge is 0.495 e. The van der Waals surface area contributed by atoms with Gasteiger partial charge in [0.1, 0.15) is 11.9 Å². The molecule has 14 heavy (non-hydrogen) atoms. The third kappa shape index (κ3) is 1.42. The maximum absolute atomic E-state index is 9.97. The zero-order valence-electron chi connectivity index (χ0n) is 8.40. The van der Waals surface area contributed by atoms with Gasteiger partial charge in [0.2, 0.25) is 0 Å². The lowest BCUT2D eigenvalue weighted by Gasteiger charge is -2.11. The Balaban J connectivity index is 2.26. The van der Waals surface area contributed by atoms with E-state index in [1.807, 2.05) is 20.0 Å². The maximum Gasteiger partial charge on any atom is 0.139 e. The fraction of sp³-hybridized carbons (Fsp3) is 0.500. The van der Waals surface area contributed by atoms with E-state index in [0.29, 0.717) is 12.4 Å². The molecule has 0 aromatic carbocycles. The van der Waals surface area contributed by atoms with Crippen LogP contribution in [0.5, 0.6) is 0 Å². The molecule has 0 aliphatic carbocycles. The van der Waals surface area contributed by atoms with Gasteiger partial charge in [-0.1, -0.05) is 0 Å². The lowest BCUT2D eigenvalue weighted by atomic mass is 10.1. The zero-order chi connectivity index (χ0) is 10.1. The zero-order valence-corrected chi connectivity index (χ0v) is 8.40. The van der Waals surface area contributed by atoms with Crippen molar-refractivity contribution in [2.75, 3.05) is 6.61 Å². The van der Waals surface area contributed by atoms with Crippen LogP contribution in [0.4, 0.5) is 0 Å². The summed E-state index contributed by atoms with van der Waals surface area (Å²) in [5.74, 6) is 0.654. The lowest BCUT2D eigenvalue weighted by Crippen LogP contribution is -2.04. The van der Waals surface area contributed by atoms with Gasteiger partial charge in [0, 0.05) is 24.7 Å². The third-order valence-corrected chi connectivity index (χ3v) is 2.57. The minimum absolute atomic E-state index is 0.654. The number of aliphatic hydroxyl groups excluding tert-OH is 1. The quantitative estimate of drug-likeness (QED) is 0.766. The van der Waals surface area contributed by atoms with Crippen molar-refractivity contribution >= 4 is 0 Å². The number of ether oxygens (including phenoxy) is 1. The van der Waals surface area contributed by atoms with Crippen molar-refractivity contribution in [2.45, 2.75) is 19.4 Å².